The summed E-state index contributed by atoms with van der Waals surface area (Å²) < 4.78 is 5.72. The van der Waals surface area contributed by atoms with Gasteiger partial charge in [-0.05, 0) is 34.9 Å². The molecule has 0 atom stereocenters. The molecule has 0 saturated heterocycles. The maximum atomic E-state index is 11.0. The summed E-state index contributed by atoms with van der Waals surface area (Å²) in [4.78, 5) is 11.0. The molecule has 0 saturated carbocycles. The molecule has 1 aliphatic rings. The van der Waals surface area contributed by atoms with Gasteiger partial charge in [0, 0.05) is 6.42 Å². The van der Waals surface area contributed by atoms with E-state index in [9.17, 15) is 4.79 Å². The van der Waals surface area contributed by atoms with Gasteiger partial charge in [0.05, 0.1) is 5.56 Å². The zero-order valence-electron chi connectivity index (χ0n) is 9.72. The molecule has 90 valence electrons. The predicted molar refractivity (Wildman–Crippen MR) is 67.0 cm³/mol. The largest absolute Gasteiger partial charge is 0.489 e. The Labute approximate surface area is 105 Å². The van der Waals surface area contributed by atoms with Crippen molar-refractivity contribution in [3.63, 3.8) is 0 Å². The van der Waals surface area contributed by atoms with Crippen molar-refractivity contribution in [3.8, 4) is 5.75 Å². The number of benzene rings is 2. The molecule has 0 aromatic heterocycles. The first-order valence-corrected chi connectivity index (χ1v) is 5.80. The molecule has 0 radical (unpaired) electrons. The molecule has 1 N–H and O–H groups in total. The molecule has 1 aliphatic heterocycles. The molecular weight excluding hydrogens is 228 g/mol. The molecule has 1 heterocycles. The molecule has 3 nitrogen and oxygen atoms in total. The number of carboxylic acid groups (broad SMARTS) is 1. The molecule has 0 spiro atoms. The van der Waals surface area contributed by atoms with Crippen molar-refractivity contribution in [1.82, 2.24) is 0 Å². The van der Waals surface area contributed by atoms with Crippen molar-refractivity contribution in [2.24, 2.45) is 0 Å². The van der Waals surface area contributed by atoms with Gasteiger partial charge in [0.25, 0.3) is 0 Å². The van der Waals surface area contributed by atoms with Crippen LogP contribution in [0.1, 0.15) is 27.0 Å². The maximum Gasteiger partial charge on any atom is 0.335 e. The summed E-state index contributed by atoms with van der Waals surface area (Å²) in [5.41, 5.74) is 3.58. The second-order valence-electron chi connectivity index (χ2n) is 4.36. The van der Waals surface area contributed by atoms with E-state index in [0.29, 0.717) is 18.6 Å². The van der Waals surface area contributed by atoms with Gasteiger partial charge in [-0.1, -0.05) is 24.3 Å². The van der Waals surface area contributed by atoms with Crippen LogP contribution in [-0.2, 0) is 13.0 Å². The lowest BCUT2D eigenvalue weighted by Gasteiger charge is -2.07. The summed E-state index contributed by atoms with van der Waals surface area (Å²) in [6, 6.07) is 13.1. The highest BCUT2D eigenvalue weighted by Crippen LogP contribution is 2.29. The number of fused-ring (bicyclic) bond motifs is 2. The Kier molecular flexibility index (Phi) is 2.52. The Morgan fingerprint density at radius 3 is 2.61 bits per heavy atom. The van der Waals surface area contributed by atoms with E-state index < -0.39 is 5.97 Å². The fourth-order valence-corrected chi connectivity index (χ4v) is 2.22. The topological polar surface area (TPSA) is 46.5 Å². The fourth-order valence-electron chi connectivity index (χ4n) is 2.22. The van der Waals surface area contributed by atoms with Crippen LogP contribution in [0.2, 0.25) is 0 Å². The first-order chi connectivity index (χ1) is 8.74. The van der Waals surface area contributed by atoms with Crippen LogP contribution >= 0.6 is 0 Å². The smallest absolute Gasteiger partial charge is 0.335 e. The Balaban J connectivity index is 2.07. The lowest BCUT2D eigenvalue weighted by Crippen LogP contribution is -1.99. The van der Waals surface area contributed by atoms with Gasteiger partial charge >= 0.3 is 5.97 Å². The second kappa shape index (κ2) is 4.18. The Bertz CT molecular complexity index is 617. The van der Waals surface area contributed by atoms with Gasteiger partial charge in [-0.25, -0.2) is 4.79 Å². The summed E-state index contributed by atoms with van der Waals surface area (Å²) in [7, 11) is 0. The number of rotatable bonds is 1. The number of carbonyl (C=O) groups is 1. The van der Waals surface area contributed by atoms with E-state index in [1.54, 1.807) is 18.2 Å². The number of ether oxygens (including phenoxy) is 1. The predicted octanol–water partition coefficient (Wildman–Crippen LogP) is 2.87. The lowest BCUT2D eigenvalue weighted by atomic mass is 9.99. The SMILES string of the molecule is O=C(O)c1ccc2c(c1)Cc1ccccc1CO2. The van der Waals surface area contributed by atoms with Gasteiger partial charge in [0.15, 0.2) is 0 Å². The average molecular weight is 240 g/mol. The minimum Gasteiger partial charge on any atom is -0.489 e. The molecule has 18 heavy (non-hydrogen) atoms. The molecular formula is C15H12O3. The molecule has 2 aromatic carbocycles. The zero-order chi connectivity index (χ0) is 12.5. The van der Waals surface area contributed by atoms with Crippen LogP contribution < -0.4 is 4.74 Å². The first-order valence-electron chi connectivity index (χ1n) is 5.80. The second-order valence-corrected chi connectivity index (χ2v) is 4.36. The summed E-state index contributed by atoms with van der Waals surface area (Å²) in [5, 5.41) is 9.01. The van der Waals surface area contributed by atoms with Crippen LogP contribution in [0.4, 0.5) is 0 Å². The molecule has 0 bridgehead atoms. The van der Waals surface area contributed by atoms with E-state index in [0.717, 1.165) is 16.9 Å². The van der Waals surface area contributed by atoms with Crippen LogP contribution in [-0.4, -0.2) is 11.1 Å². The Morgan fingerprint density at radius 2 is 1.83 bits per heavy atom. The van der Waals surface area contributed by atoms with Gasteiger partial charge in [-0.2, -0.15) is 0 Å². The number of aromatic carboxylic acids is 1. The molecule has 3 heteroatoms. The standard InChI is InChI=1S/C15H12O3/c16-15(17)11-5-6-14-13(8-11)7-10-3-1-2-4-12(10)9-18-14/h1-6,8H,7,9H2,(H,16,17). The van der Waals surface area contributed by atoms with Crippen molar-refractivity contribution < 1.29 is 14.6 Å². The summed E-state index contributed by atoms with van der Waals surface area (Å²) in [5.74, 6) is -0.133. The van der Waals surface area contributed by atoms with E-state index in [2.05, 4.69) is 6.07 Å². The van der Waals surface area contributed by atoms with Crippen molar-refractivity contribution in [2.75, 3.05) is 0 Å². The van der Waals surface area contributed by atoms with Gasteiger partial charge < -0.3 is 9.84 Å². The molecule has 3 rings (SSSR count). The minimum absolute atomic E-state index is 0.303. The highest BCUT2D eigenvalue weighted by atomic mass is 16.5. The van der Waals surface area contributed by atoms with Crippen LogP contribution in [0.5, 0.6) is 5.75 Å². The first kappa shape index (κ1) is 10.8. The maximum absolute atomic E-state index is 11.0. The Morgan fingerprint density at radius 1 is 1.06 bits per heavy atom. The van der Waals surface area contributed by atoms with Gasteiger partial charge in [0.2, 0.25) is 0 Å². The number of carboxylic acids is 1. The van der Waals surface area contributed by atoms with Crippen LogP contribution in [0.15, 0.2) is 42.5 Å². The third-order valence-corrected chi connectivity index (χ3v) is 3.19. The van der Waals surface area contributed by atoms with E-state index in [-0.39, 0.29) is 0 Å². The van der Waals surface area contributed by atoms with E-state index in [1.165, 1.54) is 5.56 Å². The average Bonchev–Trinajstić information content (AvgIpc) is 2.56. The van der Waals surface area contributed by atoms with Gasteiger partial charge in [-0.15, -0.1) is 0 Å². The van der Waals surface area contributed by atoms with Crippen molar-refractivity contribution in [1.29, 1.82) is 0 Å². The highest BCUT2D eigenvalue weighted by Gasteiger charge is 2.15. The molecule has 0 fully saturated rings. The fraction of sp³-hybridized carbons (Fsp3) is 0.133. The summed E-state index contributed by atoms with van der Waals surface area (Å²) in [6.45, 7) is 0.537. The van der Waals surface area contributed by atoms with Crippen molar-refractivity contribution >= 4 is 5.97 Å². The summed E-state index contributed by atoms with van der Waals surface area (Å²) >= 11 is 0. The van der Waals surface area contributed by atoms with Crippen LogP contribution in [0, 0.1) is 0 Å². The minimum atomic E-state index is -0.907. The number of hydrogen-bond donors (Lipinski definition) is 1. The molecule has 2 aromatic rings. The van der Waals surface area contributed by atoms with E-state index in [4.69, 9.17) is 9.84 Å². The quantitative estimate of drug-likeness (QED) is 0.833. The monoisotopic (exact) mass is 240 g/mol. The van der Waals surface area contributed by atoms with Gasteiger partial charge in [-0.3, -0.25) is 0 Å². The van der Waals surface area contributed by atoms with Gasteiger partial charge in [0.1, 0.15) is 12.4 Å². The van der Waals surface area contributed by atoms with Crippen LogP contribution in [0.3, 0.4) is 0 Å². The van der Waals surface area contributed by atoms with Crippen LogP contribution in [0.25, 0.3) is 0 Å². The summed E-state index contributed by atoms with van der Waals surface area (Å²) in [6.07, 6.45) is 0.715. The lowest BCUT2D eigenvalue weighted by molar-refractivity contribution is 0.0696. The molecule has 0 unspecified atom stereocenters. The zero-order valence-corrected chi connectivity index (χ0v) is 9.72. The molecule has 0 aliphatic carbocycles. The van der Waals surface area contributed by atoms with E-state index in [1.807, 2.05) is 18.2 Å². The Hall–Kier alpha value is -2.29. The van der Waals surface area contributed by atoms with Crippen molar-refractivity contribution in [3.05, 3.63) is 64.7 Å². The molecule has 0 amide bonds. The normalized spacial score (nSPS) is 12.9. The van der Waals surface area contributed by atoms with E-state index >= 15 is 0 Å². The third kappa shape index (κ3) is 1.84. The van der Waals surface area contributed by atoms with Crippen molar-refractivity contribution in [2.45, 2.75) is 13.0 Å². The highest BCUT2D eigenvalue weighted by molar-refractivity contribution is 5.88. The third-order valence-electron chi connectivity index (χ3n) is 3.19. The number of hydrogen-bond acceptors (Lipinski definition) is 2.